The third kappa shape index (κ3) is 4.20. The summed E-state index contributed by atoms with van der Waals surface area (Å²) in [6, 6.07) is 5.16. The molecule has 6 nitrogen and oxygen atoms in total. The molecule has 1 aromatic carbocycles. The van der Waals surface area contributed by atoms with Crippen molar-refractivity contribution in [2.24, 2.45) is 5.84 Å². The van der Waals surface area contributed by atoms with E-state index >= 15 is 0 Å². The molecule has 6 heteroatoms. The number of hydrazine groups is 1. The molecule has 1 rings (SSSR count). The number of hydrogen-bond acceptors (Lipinski definition) is 5. The number of rotatable bonds is 6. The molecule has 0 spiro atoms. The number of amides is 1. The van der Waals surface area contributed by atoms with Crippen LogP contribution in [0.4, 0.5) is 0 Å². The van der Waals surface area contributed by atoms with Crippen molar-refractivity contribution in [3.63, 3.8) is 0 Å². The maximum atomic E-state index is 10.9. The van der Waals surface area contributed by atoms with Crippen molar-refractivity contribution in [2.45, 2.75) is 6.42 Å². The van der Waals surface area contributed by atoms with Gasteiger partial charge in [0.15, 0.2) is 0 Å². The van der Waals surface area contributed by atoms with Crippen LogP contribution < -0.4 is 25.5 Å². The highest BCUT2D eigenvalue weighted by molar-refractivity contribution is 5.75. The van der Waals surface area contributed by atoms with Crippen LogP contribution in [0.1, 0.15) is 6.42 Å². The topological polar surface area (TPSA) is 82.8 Å². The fourth-order valence-corrected chi connectivity index (χ4v) is 1.20. The third-order valence-electron chi connectivity index (χ3n) is 2.08. The number of hydrogen-bond donors (Lipinski definition) is 2. The second-order valence-corrected chi connectivity index (χ2v) is 3.21. The van der Waals surface area contributed by atoms with E-state index in [4.69, 9.17) is 20.1 Å². The first-order valence-corrected chi connectivity index (χ1v) is 5.05. The van der Waals surface area contributed by atoms with Crippen molar-refractivity contribution in [1.29, 1.82) is 0 Å². The zero-order chi connectivity index (χ0) is 12.7. The van der Waals surface area contributed by atoms with Crippen LogP contribution in [0.2, 0.25) is 0 Å². The van der Waals surface area contributed by atoms with Crippen LogP contribution in [0.15, 0.2) is 18.2 Å². The predicted molar refractivity (Wildman–Crippen MR) is 62.0 cm³/mol. The molecule has 1 amide bonds. The van der Waals surface area contributed by atoms with Gasteiger partial charge in [0, 0.05) is 18.2 Å². The molecule has 0 bridgehead atoms. The Morgan fingerprint density at radius 3 is 2.18 bits per heavy atom. The summed E-state index contributed by atoms with van der Waals surface area (Å²) in [5, 5.41) is 0. The summed E-state index contributed by atoms with van der Waals surface area (Å²) in [7, 11) is 3.11. The zero-order valence-electron chi connectivity index (χ0n) is 9.86. The molecule has 17 heavy (non-hydrogen) atoms. The lowest BCUT2D eigenvalue weighted by atomic mass is 10.3. The van der Waals surface area contributed by atoms with Gasteiger partial charge in [0.05, 0.1) is 27.2 Å². The van der Waals surface area contributed by atoms with Crippen molar-refractivity contribution < 1.29 is 19.0 Å². The normalized spacial score (nSPS) is 9.59. The lowest BCUT2D eigenvalue weighted by Gasteiger charge is -2.09. The smallest absolute Gasteiger partial charge is 0.237 e. The quantitative estimate of drug-likeness (QED) is 0.429. The van der Waals surface area contributed by atoms with E-state index in [0.717, 1.165) is 0 Å². The second-order valence-electron chi connectivity index (χ2n) is 3.21. The highest BCUT2D eigenvalue weighted by atomic mass is 16.5. The summed E-state index contributed by atoms with van der Waals surface area (Å²) in [4.78, 5) is 10.9. The van der Waals surface area contributed by atoms with E-state index in [2.05, 4.69) is 0 Å². The largest absolute Gasteiger partial charge is 0.496 e. The van der Waals surface area contributed by atoms with Gasteiger partial charge in [0.2, 0.25) is 5.91 Å². The highest BCUT2D eigenvalue weighted by Gasteiger charge is 2.04. The van der Waals surface area contributed by atoms with Gasteiger partial charge in [-0.2, -0.15) is 0 Å². The third-order valence-corrected chi connectivity index (χ3v) is 2.08. The van der Waals surface area contributed by atoms with Crippen molar-refractivity contribution in [2.75, 3.05) is 20.8 Å². The van der Waals surface area contributed by atoms with E-state index < -0.39 is 0 Å². The van der Waals surface area contributed by atoms with Gasteiger partial charge in [-0.05, 0) is 0 Å². The van der Waals surface area contributed by atoms with Gasteiger partial charge in [-0.1, -0.05) is 0 Å². The summed E-state index contributed by atoms with van der Waals surface area (Å²) in [5.74, 6) is 6.50. The van der Waals surface area contributed by atoms with E-state index in [0.29, 0.717) is 17.2 Å². The Kier molecular flexibility index (Phi) is 5.09. The Morgan fingerprint density at radius 2 is 1.71 bits per heavy atom. The molecule has 0 aliphatic rings. The molecule has 0 aliphatic carbocycles. The molecule has 0 fully saturated rings. The SMILES string of the molecule is COc1cc(OC)cc(OCCC(=O)NN)c1. The maximum absolute atomic E-state index is 10.9. The van der Waals surface area contributed by atoms with E-state index in [1.54, 1.807) is 32.4 Å². The molecule has 0 heterocycles. The number of nitrogens with two attached hydrogens (primary N) is 1. The fraction of sp³-hybridized carbons (Fsp3) is 0.364. The molecule has 0 aromatic heterocycles. The van der Waals surface area contributed by atoms with Gasteiger partial charge in [0.1, 0.15) is 17.2 Å². The Balaban J connectivity index is 2.60. The lowest BCUT2D eigenvalue weighted by molar-refractivity contribution is -0.121. The first kappa shape index (κ1) is 13.1. The minimum absolute atomic E-state index is 0.191. The molecule has 3 N–H and O–H groups in total. The van der Waals surface area contributed by atoms with E-state index in [1.807, 2.05) is 5.43 Å². The van der Waals surface area contributed by atoms with Crippen LogP contribution >= 0.6 is 0 Å². The standard InChI is InChI=1S/C11H16N2O4/c1-15-8-5-9(16-2)7-10(6-8)17-4-3-11(14)13-12/h5-7H,3-4,12H2,1-2H3,(H,13,14). The molecule has 1 aromatic rings. The fourth-order valence-electron chi connectivity index (χ4n) is 1.20. The highest BCUT2D eigenvalue weighted by Crippen LogP contribution is 2.27. The van der Waals surface area contributed by atoms with Gasteiger partial charge < -0.3 is 14.2 Å². The Labute approximate surface area is 99.6 Å². The molecule has 0 radical (unpaired) electrons. The van der Waals surface area contributed by atoms with E-state index in [1.165, 1.54) is 0 Å². The Bertz CT molecular complexity index is 359. The van der Waals surface area contributed by atoms with Crippen molar-refractivity contribution in [3.05, 3.63) is 18.2 Å². The molecule has 94 valence electrons. The van der Waals surface area contributed by atoms with Crippen molar-refractivity contribution in [1.82, 2.24) is 5.43 Å². The first-order valence-electron chi connectivity index (χ1n) is 5.05. The molecule has 0 saturated heterocycles. The van der Waals surface area contributed by atoms with Crippen molar-refractivity contribution >= 4 is 5.91 Å². The number of carbonyl (C=O) groups excluding carboxylic acids is 1. The number of ether oxygens (including phenoxy) is 3. The van der Waals surface area contributed by atoms with Crippen LogP contribution in [0.3, 0.4) is 0 Å². The van der Waals surface area contributed by atoms with Gasteiger partial charge >= 0.3 is 0 Å². The molecule has 0 aliphatic heterocycles. The number of methoxy groups -OCH3 is 2. The summed E-state index contributed by atoms with van der Waals surface area (Å²) in [6.07, 6.45) is 0.191. The lowest BCUT2D eigenvalue weighted by Crippen LogP contribution is -2.31. The first-order chi connectivity index (χ1) is 8.19. The van der Waals surface area contributed by atoms with Gasteiger partial charge in [-0.25, -0.2) is 5.84 Å². The number of carbonyl (C=O) groups is 1. The minimum Gasteiger partial charge on any atom is -0.496 e. The van der Waals surface area contributed by atoms with Crippen LogP contribution in [-0.2, 0) is 4.79 Å². The minimum atomic E-state index is -0.278. The number of benzene rings is 1. The molecule has 0 atom stereocenters. The van der Waals surface area contributed by atoms with Crippen LogP contribution in [0.25, 0.3) is 0 Å². The monoisotopic (exact) mass is 240 g/mol. The summed E-state index contributed by atoms with van der Waals surface area (Å²) in [6.45, 7) is 0.235. The van der Waals surface area contributed by atoms with E-state index in [9.17, 15) is 4.79 Å². The Morgan fingerprint density at radius 1 is 1.18 bits per heavy atom. The van der Waals surface area contributed by atoms with Crippen LogP contribution in [0, 0.1) is 0 Å². The Hall–Kier alpha value is -1.95. The van der Waals surface area contributed by atoms with Gasteiger partial charge in [0.25, 0.3) is 0 Å². The predicted octanol–water partition coefficient (Wildman–Crippen LogP) is 0.463. The van der Waals surface area contributed by atoms with Crippen LogP contribution in [0.5, 0.6) is 17.2 Å². The van der Waals surface area contributed by atoms with E-state index in [-0.39, 0.29) is 18.9 Å². The summed E-state index contributed by atoms with van der Waals surface area (Å²) >= 11 is 0. The summed E-state index contributed by atoms with van der Waals surface area (Å²) in [5.41, 5.74) is 2.03. The van der Waals surface area contributed by atoms with Gasteiger partial charge in [-0.15, -0.1) is 0 Å². The zero-order valence-corrected chi connectivity index (χ0v) is 9.86. The molecule has 0 unspecified atom stereocenters. The average molecular weight is 240 g/mol. The maximum Gasteiger partial charge on any atom is 0.237 e. The molecule has 0 saturated carbocycles. The molecular formula is C11H16N2O4. The summed E-state index contributed by atoms with van der Waals surface area (Å²) < 4.78 is 15.6. The second kappa shape index (κ2) is 6.59. The number of nitrogens with one attached hydrogen (secondary N) is 1. The van der Waals surface area contributed by atoms with Crippen LogP contribution in [-0.4, -0.2) is 26.7 Å². The average Bonchev–Trinajstić information content (AvgIpc) is 2.37. The van der Waals surface area contributed by atoms with Crippen molar-refractivity contribution in [3.8, 4) is 17.2 Å². The van der Waals surface area contributed by atoms with Gasteiger partial charge in [-0.3, -0.25) is 10.2 Å². The molecular weight excluding hydrogens is 224 g/mol.